The molecule has 0 aliphatic heterocycles. The molecule has 0 aliphatic carbocycles. The van der Waals surface area contributed by atoms with Gasteiger partial charge in [-0.1, -0.05) is 160 Å². The van der Waals surface area contributed by atoms with Crippen molar-refractivity contribution in [3.8, 4) is 44.5 Å². The molecule has 0 saturated carbocycles. The quantitative estimate of drug-likeness (QED) is 0.0942. The van der Waals surface area contributed by atoms with Crippen LogP contribution in [0.25, 0.3) is 109 Å². The van der Waals surface area contributed by atoms with Gasteiger partial charge in [0.2, 0.25) is 0 Å². The fourth-order valence-corrected chi connectivity index (χ4v) is 9.76. The number of benzene rings is 11. The van der Waals surface area contributed by atoms with Gasteiger partial charge in [0.15, 0.2) is 0 Å². The second kappa shape index (κ2) is 14.4. The normalized spacial score (nSPS) is 12.4. The molecule has 0 aromatic heterocycles. The highest BCUT2D eigenvalue weighted by Gasteiger charge is 2.31. The van der Waals surface area contributed by atoms with Crippen molar-refractivity contribution in [2.45, 2.75) is 32.4 Å². The molecule has 0 atom stereocenters. The Morgan fingerprint density at radius 2 is 0.794 bits per heavy atom. The Bertz CT molecular complexity index is 3640. The van der Waals surface area contributed by atoms with E-state index in [1.54, 1.807) is 12.1 Å². The molecule has 0 bridgehead atoms. The predicted octanol–water partition coefficient (Wildman–Crippen LogP) is 17.7. The van der Waals surface area contributed by atoms with Crippen molar-refractivity contribution >= 4 is 64.6 Å². The second-order valence-corrected chi connectivity index (χ2v) is 17.7. The van der Waals surface area contributed by atoms with E-state index in [4.69, 9.17) is 0 Å². The van der Waals surface area contributed by atoms with Crippen LogP contribution in [0.1, 0.15) is 31.9 Å². The van der Waals surface area contributed by atoms with Gasteiger partial charge in [-0.2, -0.15) is 13.2 Å². The molecule has 11 aromatic carbocycles. The van der Waals surface area contributed by atoms with Crippen LogP contribution in [0, 0.1) is 5.82 Å². The number of rotatable bonds is 4. The van der Waals surface area contributed by atoms with E-state index in [1.807, 2.05) is 24.3 Å². The van der Waals surface area contributed by atoms with Crippen molar-refractivity contribution in [1.82, 2.24) is 0 Å². The average molecular weight is 825 g/mol. The topological polar surface area (TPSA) is 0 Å². The summed E-state index contributed by atoms with van der Waals surface area (Å²) in [6, 6.07) is 61.6. The Labute approximate surface area is 362 Å². The fraction of sp³-hybridized carbons (Fsp3) is 0.0847. The first kappa shape index (κ1) is 38.6. The summed E-state index contributed by atoms with van der Waals surface area (Å²) in [6.07, 6.45) is -4.50. The SMILES string of the molecule is CC(C)(C)c1ccc(-c2ccc3c(-c4cc5cc(F)ccc5c5ccccc45)c4cc(-c5cccc(C(F)(F)F)c5)ccc4c(-c4cc5ccccc5c5ccccc45)c3c2)cc1. The van der Waals surface area contributed by atoms with Gasteiger partial charge in [-0.3, -0.25) is 0 Å². The number of alkyl halides is 3. The maximum Gasteiger partial charge on any atom is 0.416 e. The lowest BCUT2D eigenvalue weighted by atomic mass is 9.81. The highest BCUT2D eigenvalue weighted by Crippen LogP contribution is 2.50. The maximum atomic E-state index is 15.1. The van der Waals surface area contributed by atoms with Gasteiger partial charge in [-0.15, -0.1) is 0 Å². The van der Waals surface area contributed by atoms with E-state index < -0.39 is 11.7 Å². The molecule has 4 heteroatoms. The number of fused-ring (bicyclic) bond motifs is 8. The zero-order valence-corrected chi connectivity index (χ0v) is 34.9. The van der Waals surface area contributed by atoms with E-state index in [9.17, 15) is 13.2 Å². The molecule has 0 radical (unpaired) electrons. The van der Waals surface area contributed by atoms with Gasteiger partial charge in [-0.05, 0) is 169 Å². The van der Waals surface area contributed by atoms with Crippen LogP contribution in [0.15, 0.2) is 188 Å². The summed E-state index contributed by atoms with van der Waals surface area (Å²) in [4.78, 5) is 0. The van der Waals surface area contributed by atoms with Crippen LogP contribution in [0.3, 0.4) is 0 Å². The number of hydrogen-bond acceptors (Lipinski definition) is 0. The molecule has 304 valence electrons. The molecule has 0 aliphatic rings. The Kier molecular flexibility index (Phi) is 8.82. The Morgan fingerprint density at radius 1 is 0.317 bits per heavy atom. The molecule has 0 nitrogen and oxygen atoms in total. The van der Waals surface area contributed by atoms with Gasteiger partial charge in [-0.25, -0.2) is 4.39 Å². The van der Waals surface area contributed by atoms with E-state index in [-0.39, 0.29) is 11.2 Å². The van der Waals surface area contributed by atoms with Crippen LogP contribution < -0.4 is 0 Å². The van der Waals surface area contributed by atoms with E-state index in [0.29, 0.717) is 11.1 Å². The molecular weight excluding hydrogens is 785 g/mol. The van der Waals surface area contributed by atoms with Gasteiger partial charge in [0.1, 0.15) is 5.82 Å². The molecule has 0 N–H and O–H groups in total. The van der Waals surface area contributed by atoms with Crippen molar-refractivity contribution < 1.29 is 17.6 Å². The zero-order chi connectivity index (χ0) is 43.2. The summed E-state index contributed by atoms with van der Waals surface area (Å²) >= 11 is 0. The Morgan fingerprint density at radius 3 is 1.38 bits per heavy atom. The molecule has 11 rings (SSSR count). The van der Waals surface area contributed by atoms with Gasteiger partial charge in [0.05, 0.1) is 5.56 Å². The molecular formula is C59H40F4. The van der Waals surface area contributed by atoms with Gasteiger partial charge in [0.25, 0.3) is 0 Å². The summed E-state index contributed by atoms with van der Waals surface area (Å²) in [5.74, 6) is -0.328. The van der Waals surface area contributed by atoms with Crippen molar-refractivity contribution in [3.05, 3.63) is 205 Å². The third-order valence-corrected chi connectivity index (χ3v) is 12.9. The molecule has 0 fully saturated rings. The minimum atomic E-state index is -4.50. The van der Waals surface area contributed by atoms with Crippen LogP contribution in [0.4, 0.5) is 17.6 Å². The smallest absolute Gasteiger partial charge is 0.207 e. The first-order valence-electron chi connectivity index (χ1n) is 21.2. The fourth-order valence-electron chi connectivity index (χ4n) is 9.76. The first-order valence-corrected chi connectivity index (χ1v) is 21.2. The minimum absolute atomic E-state index is 0.00149. The van der Waals surface area contributed by atoms with E-state index >= 15 is 4.39 Å². The highest BCUT2D eigenvalue weighted by atomic mass is 19.4. The highest BCUT2D eigenvalue weighted by molar-refractivity contribution is 6.29. The molecule has 0 saturated heterocycles. The molecule has 0 unspecified atom stereocenters. The number of hydrogen-bond donors (Lipinski definition) is 0. The van der Waals surface area contributed by atoms with Gasteiger partial charge >= 0.3 is 6.18 Å². The average Bonchev–Trinajstić information content (AvgIpc) is 3.29. The van der Waals surface area contributed by atoms with Gasteiger partial charge < -0.3 is 0 Å². The third kappa shape index (κ3) is 6.52. The predicted molar refractivity (Wildman–Crippen MR) is 257 cm³/mol. The van der Waals surface area contributed by atoms with Crippen LogP contribution in [-0.4, -0.2) is 0 Å². The summed E-state index contributed by atoms with van der Waals surface area (Å²) in [7, 11) is 0. The van der Waals surface area contributed by atoms with Crippen LogP contribution in [-0.2, 0) is 11.6 Å². The second-order valence-electron chi connectivity index (χ2n) is 17.7. The van der Waals surface area contributed by atoms with Crippen molar-refractivity contribution in [3.63, 3.8) is 0 Å². The number of halogens is 4. The lowest BCUT2D eigenvalue weighted by Gasteiger charge is -2.22. The van der Waals surface area contributed by atoms with Crippen LogP contribution in [0.5, 0.6) is 0 Å². The lowest BCUT2D eigenvalue weighted by molar-refractivity contribution is -0.137. The minimum Gasteiger partial charge on any atom is -0.207 e. The monoisotopic (exact) mass is 824 g/mol. The van der Waals surface area contributed by atoms with Crippen LogP contribution in [0.2, 0.25) is 0 Å². The standard InChI is InChI=1S/C59H40F4/c1-58(2,3)41-23-19-35(20-24-41)37-21-26-50-54(31-37)56(52-33-39-11-4-5-14-44(39)46-15-6-8-17-48(46)52)51-27-22-38(36-12-10-13-42(29-36)59(61,62)63)32-55(51)57(50)53-34-40-30-43(60)25-28-45(40)47-16-7-9-18-49(47)53/h4-34H,1-3H3. The van der Waals surface area contributed by atoms with E-state index in [2.05, 4.69) is 148 Å². The molecule has 0 spiro atoms. The largest absolute Gasteiger partial charge is 0.416 e. The van der Waals surface area contributed by atoms with Crippen LogP contribution >= 0.6 is 0 Å². The van der Waals surface area contributed by atoms with Crippen molar-refractivity contribution in [2.75, 3.05) is 0 Å². The molecule has 11 aromatic rings. The summed E-state index contributed by atoms with van der Waals surface area (Å²) in [5.41, 5.74) is 7.76. The van der Waals surface area contributed by atoms with Crippen molar-refractivity contribution in [2.24, 2.45) is 0 Å². The summed E-state index contributed by atoms with van der Waals surface area (Å²) < 4.78 is 57.7. The molecule has 0 amide bonds. The van der Waals surface area contributed by atoms with E-state index in [0.717, 1.165) is 104 Å². The molecule has 63 heavy (non-hydrogen) atoms. The van der Waals surface area contributed by atoms with Crippen molar-refractivity contribution in [1.29, 1.82) is 0 Å². The van der Waals surface area contributed by atoms with Gasteiger partial charge in [0, 0.05) is 0 Å². The summed E-state index contributed by atoms with van der Waals surface area (Å²) in [6.45, 7) is 6.65. The lowest BCUT2D eigenvalue weighted by Crippen LogP contribution is -2.10. The van der Waals surface area contributed by atoms with E-state index in [1.165, 1.54) is 23.8 Å². The Hall–Kier alpha value is -7.30. The first-order chi connectivity index (χ1) is 30.4. The Balaban J connectivity index is 1.33. The summed E-state index contributed by atoms with van der Waals surface area (Å²) in [5, 5.41) is 12.0. The maximum absolute atomic E-state index is 15.1. The third-order valence-electron chi connectivity index (χ3n) is 12.9. The molecule has 0 heterocycles. The zero-order valence-electron chi connectivity index (χ0n) is 34.9.